The van der Waals surface area contributed by atoms with Gasteiger partial charge in [0.05, 0.1) is 12.2 Å². The molecule has 0 saturated heterocycles. The Morgan fingerprint density at radius 2 is 2.00 bits per heavy atom. The fraction of sp³-hybridized carbons (Fsp3) is 1.00. The molecule has 1 aliphatic carbocycles. The molecule has 1 saturated carbocycles. The molecule has 0 unspecified atom stereocenters. The minimum absolute atomic E-state index is 0.208. The number of hydrogen-bond donors (Lipinski definition) is 1. The van der Waals surface area contributed by atoms with Crippen molar-refractivity contribution in [2.75, 3.05) is 33.9 Å². The van der Waals surface area contributed by atoms with Crippen molar-refractivity contribution in [1.29, 1.82) is 0 Å². The molecule has 0 bridgehead atoms. The van der Waals surface area contributed by atoms with E-state index in [0.717, 1.165) is 26.1 Å². The van der Waals surface area contributed by atoms with Crippen molar-refractivity contribution in [2.24, 2.45) is 0 Å². The van der Waals surface area contributed by atoms with Crippen molar-refractivity contribution in [3.8, 4) is 0 Å². The topological polar surface area (TPSA) is 30.5 Å². The van der Waals surface area contributed by atoms with Gasteiger partial charge in [0.15, 0.2) is 0 Å². The van der Waals surface area contributed by atoms with Crippen molar-refractivity contribution in [3.63, 3.8) is 0 Å². The molecule has 1 fully saturated rings. The first-order valence-electron chi connectivity index (χ1n) is 5.08. The van der Waals surface area contributed by atoms with Gasteiger partial charge in [0.2, 0.25) is 0 Å². The Hall–Kier alpha value is -0.120. The highest BCUT2D eigenvalue weighted by molar-refractivity contribution is 4.89. The van der Waals surface area contributed by atoms with E-state index < -0.39 is 0 Å². The second kappa shape index (κ2) is 5.58. The van der Waals surface area contributed by atoms with Crippen LogP contribution < -0.4 is 5.32 Å². The van der Waals surface area contributed by atoms with Gasteiger partial charge in [-0.2, -0.15) is 0 Å². The number of rotatable bonds is 7. The first-order chi connectivity index (χ1) is 6.33. The summed E-state index contributed by atoms with van der Waals surface area (Å²) in [6.07, 6.45) is 4.92. The van der Waals surface area contributed by atoms with Gasteiger partial charge in [-0.1, -0.05) is 0 Å². The molecule has 0 aliphatic heterocycles. The lowest BCUT2D eigenvalue weighted by molar-refractivity contribution is -0.0768. The molecule has 0 radical (unpaired) electrons. The molecule has 0 spiro atoms. The van der Waals surface area contributed by atoms with Crippen LogP contribution in [-0.4, -0.2) is 39.5 Å². The lowest BCUT2D eigenvalue weighted by atomic mass is 9.77. The second-order valence-electron chi connectivity index (χ2n) is 3.73. The van der Waals surface area contributed by atoms with Gasteiger partial charge >= 0.3 is 0 Å². The maximum Gasteiger partial charge on any atom is 0.0690 e. The number of methoxy groups -OCH3 is 2. The highest BCUT2D eigenvalue weighted by atomic mass is 16.5. The minimum Gasteiger partial charge on any atom is -0.383 e. The summed E-state index contributed by atoms with van der Waals surface area (Å²) < 4.78 is 10.5. The van der Waals surface area contributed by atoms with E-state index in [9.17, 15) is 0 Å². The Morgan fingerprint density at radius 3 is 2.46 bits per heavy atom. The average molecular weight is 187 g/mol. The van der Waals surface area contributed by atoms with Crippen molar-refractivity contribution in [1.82, 2.24) is 5.32 Å². The third kappa shape index (κ3) is 3.25. The molecule has 3 heteroatoms. The van der Waals surface area contributed by atoms with E-state index >= 15 is 0 Å². The average Bonchev–Trinajstić information content (AvgIpc) is 2.09. The van der Waals surface area contributed by atoms with Crippen LogP contribution in [-0.2, 0) is 9.47 Å². The normalized spacial score (nSPS) is 19.8. The third-order valence-corrected chi connectivity index (χ3v) is 2.94. The van der Waals surface area contributed by atoms with E-state index in [2.05, 4.69) is 5.32 Å². The summed E-state index contributed by atoms with van der Waals surface area (Å²) >= 11 is 0. The molecule has 1 aliphatic rings. The first-order valence-corrected chi connectivity index (χ1v) is 5.08. The molecule has 13 heavy (non-hydrogen) atoms. The quantitative estimate of drug-likeness (QED) is 0.607. The fourth-order valence-electron chi connectivity index (χ4n) is 1.74. The smallest absolute Gasteiger partial charge is 0.0690 e. The maximum atomic E-state index is 5.51. The van der Waals surface area contributed by atoms with Crippen LogP contribution in [0.2, 0.25) is 0 Å². The zero-order valence-electron chi connectivity index (χ0n) is 8.77. The Kier molecular flexibility index (Phi) is 4.70. The zero-order chi connectivity index (χ0) is 9.57. The number of nitrogens with one attached hydrogen (secondary N) is 1. The third-order valence-electron chi connectivity index (χ3n) is 2.94. The molecule has 0 aromatic carbocycles. The van der Waals surface area contributed by atoms with Crippen LogP contribution in [0.3, 0.4) is 0 Å². The predicted octanol–water partition coefficient (Wildman–Crippen LogP) is 1.18. The SMILES string of the molecule is COCCNCCC1(OC)CCC1. The number of ether oxygens (including phenoxy) is 2. The van der Waals surface area contributed by atoms with Gasteiger partial charge in [-0.05, 0) is 32.2 Å². The van der Waals surface area contributed by atoms with Gasteiger partial charge < -0.3 is 14.8 Å². The maximum absolute atomic E-state index is 5.51. The Labute approximate surface area is 80.8 Å². The molecule has 1 N–H and O–H groups in total. The van der Waals surface area contributed by atoms with Gasteiger partial charge in [-0.3, -0.25) is 0 Å². The van der Waals surface area contributed by atoms with E-state index in [-0.39, 0.29) is 5.60 Å². The molecule has 3 nitrogen and oxygen atoms in total. The van der Waals surface area contributed by atoms with Crippen LogP contribution >= 0.6 is 0 Å². The highest BCUT2D eigenvalue weighted by Gasteiger charge is 2.35. The largest absolute Gasteiger partial charge is 0.383 e. The molecule has 78 valence electrons. The summed E-state index contributed by atoms with van der Waals surface area (Å²) in [5.74, 6) is 0. The summed E-state index contributed by atoms with van der Waals surface area (Å²) in [7, 11) is 3.55. The molecular formula is C10H21NO2. The Morgan fingerprint density at radius 1 is 1.23 bits per heavy atom. The van der Waals surface area contributed by atoms with Crippen molar-refractivity contribution in [2.45, 2.75) is 31.3 Å². The first kappa shape index (κ1) is 11.0. The van der Waals surface area contributed by atoms with Crippen molar-refractivity contribution >= 4 is 0 Å². The Balaban J connectivity index is 1.98. The van der Waals surface area contributed by atoms with Crippen LogP contribution in [0.1, 0.15) is 25.7 Å². The van der Waals surface area contributed by atoms with E-state index in [4.69, 9.17) is 9.47 Å². The van der Waals surface area contributed by atoms with Crippen molar-refractivity contribution < 1.29 is 9.47 Å². The second-order valence-corrected chi connectivity index (χ2v) is 3.73. The molecule has 0 heterocycles. The van der Waals surface area contributed by atoms with Gasteiger partial charge in [0.25, 0.3) is 0 Å². The highest BCUT2D eigenvalue weighted by Crippen LogP contribution is 2.37. The van der Waals surface area contributed by atoms with E-state index in [1.165, 1.54) is 19.3 Å². The molecule has 0 amide bonds. The lowest BCUT2D eigenvalue weighted by Gasteiger charge is -2.40. The lowest BCUT2D eigenvalue weighted by Crippen LogP contribution is -2.41. The van der Waals surface area contributed by atoms with Gasteiger partial charge in [-0.15, -0.1) is 0 Å². The van der Waals surface area contributed by atoms with Gasteiger partial charge in [0.1, 0.15) is 0 Å². The van der Waals surface area contributed by atoms with Crippen LogP contribution in [0.25, 0.3) is 0 Å². The van der Waals surface area contributed by atoms with E-state index in [1.807, 2.05) is 7.11 Å². The van der Waals surface area contributed by atoms with E-state index in [0.29, 0.717) is 0 Å². The van der Waals surface area contributed by atoms with E-state index in [1.54, 1.807) is 7.11 Å². The van der Waals surface area contributed by atoms with Gasteiger partial charge in [0, 0.05) is 20.8 Å². The minimum atomic E-state index is 0.208. The molecule has 0 aromatic heterocycles. The summed E-state index contributed by atoms with van der Waals surface area (Å²) in [6.45, 7) is 2.77. The standard InChI is InChI=1S/C10H21NO2/c1-12-9-8-11-7-6-10(13-2)4-3-5-10/h11H,3-9H2,1-2H3. The molecule has 0 aromatic rings. The molecule has 1 rings (SSSR count). The summed E-state index contributed by atoms with van der Waals surface area (Å²) in [5, 5.41) is 3.34. The van der Waals surface area contributed by atoms with Crippen LogP contribution in [0.5, 0.6) is 0 Å². The monoisotopic (exact) mass is 187 g/mol. The molecule has 0 atom stereocenters. The van der Waals surface area contributed by atoms with Gasteiger partial charge in [-0.25, -0.2) is 0 Å². The number of hydrogen-bond acceptors (Lipinski definition) is 3. The zero-order valence-corrected chi connectivity index (χ0v) is 8.77. The summed E-state index contributed by atoms with van der Waals surface area (Å²) in [6, 6.07) is 0. The fourth-order valence-corrected chi connectivity index (χ4v) is 1.74. The van der Waals surface area contributed by atoms with Crippen LogP contribution in [0.15, 0.2) is 0 Å². The van der Waals surface area contributed by atoms with Crippen LogP contribution in [0, 0.1) is 0 Å². The summed E-state index contributed by atoms with van der Waals surface area (Å²) in [5.41, 5.74) is 0.208. The predicted molar refractivity (Wildman–Crippen MR) is 53.0 cm³/mol. The Bertz CT molecular complexity index is 129. The molecular weight excluding hydrogens is 166 g/mol. The summed E-state index contributed by atoms with van der Waals surface area (Å²) in [4.78, 5) is 0. The van der Waals surface area contributed by atoms with Crippen LogP contribution in [0.4, 0.5) is 0 Å². The van der Waals surface area contributed by atoms with Crippen molar-refractivity contribution in [3.05, 3.63) is 0 Å².